The van der Waals surface area contributed by atoms with E-state index >= 15 is 0 Å². The second kappa shape index (κ2) is 7.15. The highest BCUT2D eigenvalue weighted by molar-refractivity contribution is 5.85. The second-order valence-corrected chi connectivity index (χ2v) is 6.74. The molecule has 3 fully saturated rings. The van der Waals surface area contributed by atoms with Gasteiger partial charge in [-0.1, -0.05) is 6.42 Å². The normalized spacial score (nSPS) is 38.0. The largest absolute Gasteiger partial charge is 0.367 e. The van der Waals surface area contributed by atoms with Crippen LogP contribution in [0.4, 0.5) is 0 Å². The number of nitrogens with zero attached hydrogens (tertiary/aromatic N) is 1. The average Bonchev–Trinajstić information content (AvgIpc) is 2.46. The number of carbonyl (C=O) groups is 2. The number of hydrogen-bond acceptors (Lipinski definition) is 4. The van der Waals surface area contributed by atoms with Gasteiger partial charge < -0.3 is 21.1 Å². The smallest absolute Gasteiger partial charge is 0.248 e. The molecular weight excluding hydrogens is 306 g/mol. The lowest BCUT2D eigenvalue weighted by atomic mass is 9.65. The molecule has 7 heteroatoms. The van der Waals surface area contributed by atoms with Crippen molar-refractivity contribution in [1.82, 2.24) is 4.90 Å². The first-order chi connectivity index (χ1) is 10.1. The number of carbonyl (C=O) groups excluding carboxylic acids is 2. The van der Waals surface area contributed by atoms with Gasteiger partial charge in [-0.05, 0) is 37.5 Å². The summed E-state index contributed by atoms with van der Waals surface area (Å²) in [5.74, 6) is 0.703. The lowest BCUT2D eigenvalue weighted by molar-refractivity contribution is -0.150. The maximum atomic E-state index is 12.7. The number of morpholine rings is 1. The Balaban J connectivity index is 0.00000176. The fourth-order valence-electron chi connectivity index (χ4n) is 4.27. The Morgan fingerprint density at radius 3 is 2.36 bits per heavy atom. The van der Waals surface area contributed by atoms with Crippen molar-refractivity contribution < 1.29 is 14.3 Å². The van der Waals surface area contributed by atoms with Crippen molar-refractivity contribution in [3.8, 4) is 0 Å². The predicted molar refractivity (Wildman–Crippen MR) is 84.3 cm³/mol. The number of halogens is 1. The molecule has 2 aliphatic carbocycles. The first-order valence-corrected chi connectivity index (χ1v) is 8.01. The number of nitrogens with two attached hydrogens (primary N) is 2. The number of rotatable bonds is 2. The summed E-state index contributed by atoms with van der Waals surface area (Å²) in [6.07, 6.45) is 4.67. The van der Waals surface area contributed by atoms with E-state index in [1.54, 1.807) is 4.90 Å². The van der Waals surface area contributed by atoms with Crippen LogP contribution in [0.2, 0.25) is 0 Å². The third-order valence-corrected chi connectivity index (χ3v) is 5.46. The summed E-state index contributed by atoms with van der Waals surface area (Å²) in [6, 6.07) is 0.269. The first kappa shape index (κ1) is 17.5. The van der Waals surface area contributed by atoms with Crippen LogP contribution in [0.1, 0.15) is 32.1 Å². The average molecular weight is 332 g/mol. The molecule has 126 valence electrons. The topological polar surface area (TPSA) is 98.7 Å². The molecule has 2 amide bonds. The standard InChI is InChI=1S/C15H25N3O3.ClH/c16-13-9-2-1-3-10(13)7-11(6-9)15(20)18-4-5-21-12(8-18)14(17)19;/h9-13H,1-8,16H2,(H2,17,19);1H. The number of primary amides is 1. The van der Waals surface area contributed by atoms with Gasteiger partial charge in [-0.3, -0.25) is 9.59 Å². The minimum atomic E-state index is -0.659. The molecule has 22 heavy (non-hydrogen) atoms. The third kappa shape index (κ3) is 3.39. The van der Waals surface area contributed by atoms with E-state index in [9.17, 15) is 9.59 Å². The quantitative estimate of drug-likeness (QED) is 0.759. The van der Waals surface area contributed by atoms with Crippen molar-refractivity contribution in [2.24, 2.45) is 29.2 Å². The number of hydrogen-bond donors (Lipinski definition) is 2. The van der Waals surface area contributed by atoms with Crippen molar-refractivity contribution in [3.05, 3.63) is 0 Å². The van der Waals surface area contributed by atoms with Crippen LogP contribution in [-0.2, 0) is 14.3 Å². The molecule has 3 atom stereocenters. The summed E-state index contributed by atoms with van der Waals surface area (Å²) in [6.45, 7) is 1.24. The fraction of sp³-hybridized carbons (Fsp3) is 0.867. The minimum absolute atomic E-state index is 0. The molecule has 0 aromatic heterocycles. The van der Waals surface area contributed by atoms with E-state index in [0.717, 1.165) is 25.7 Å². The van der Waals surface area contributed by atoms with E-state index in [1.807, 2.05) is 0 Å². The summed E-state index contributed by atoms with van der Waals surface area (Å²) in [4.78, 5) is 25.7. The summed E-state index contributed by atoms with van der Waals surface area (Å²) >= 11 is 0. The third-order valence-electron chi connectivity index (χ3n) is 5.46. The minimum Gasteiger partial charge on any atom is -0.367 e. The monoisotopic (exact) mass is 331 g/mol. The first-order valence-electron chi connectivity index (χ1n) is 8.01. The van der Waals surface area contributed by atoms with Gasteiger partial charge in [-0.15, -0.1) is 12.4 Å². The Morgan fingerprint density at radius 1 is 1.14 bits per heavy atom. The second-order valence-electron chi connectivity index (χ2n) is 6.74. The summed E-state index contributed by atoms with van der Waals surface area (Å²) < 4.78 is 5.31. The molecule has 0 radical (unpaired) electrons. The molecule has 3 unspecified atom stereocenters. The van der Waals surface area contributed by atoms with Crippen LogP contribution in [0.3, 0.4) is 0 Å². The highest BCUT2D eigenvalue weighted by Crippen LogP contribution is 2.42. The Kier molecular flexibility index (Phi) is 5.69. The van der Waals surface area contributed by atoms with E-state index in [4.69, 9.17) is 16.2 Å². The lowest BCUT2D eigenvalue weighted by Gasteiger charge is -2.45. The SMILES string of the molecule is Cl.NC(=O)C1CN(C(=O)C2CC3CCCC(C2)C3N)CCO1. The van der Waals surface area contributed by atoms with Gasteiger partial charge in [0.15, 0.2) is 6.10 Å². The Morgan fingerprint density at radius 2 is 1.77 bits per heavy atom. The molecular formula is C15H26ClN3O3. The van der Waals surface area contributed by atoms with E-state index in [0.29, 0.717) is 31.5 Å². The molecule has 3 rings (SSSR count). The summed E-state index contributed by atoms with van der Waals surface area (Å²) in [5.41, 5.74) is 11.6. The van der Waals surface area contributed by atoms with Gasteiger partial charge in [-0.2, -0.15) is 0 Å². The van der Waals surface area contributed by atoms with E-state index in [-0.39, 0.29) is 30.3 Å². The predicted octanol–water partition coefficient (Wildman–Crippen LogP) is 0.274. The highest BCUT2D eigenvalue weighted by atomic mass is 35.5. The molecule has 1 aliphatic heterocycles. The molecule has 2 bridgehead atoms. The molecule has 2 saturated carbocycles. The van der Waals surface area contributed by atoms with E-state index in [2.05, 4.69) is 0 Å². The van der Waals surface area contributed by atoms with Crippen molar-refractivity contribution >= 4 is 24.2 Å². The molecule has 0 aromatic carbocycles. The van der Waals surface area contributed by atoms with Crippen LogP contribution in [0.15, 0.2) is 0 Å². The number of fused-ring (bicyclic) bond motifs is 2. The lowest BCUT2D eigenvalue weighted by Crippen LogP contribution is -2.54. The number of ether oxygens (including phenoxy) is 1. The zero-order valence-electron chi connectivity index (χ0n) is 12.8. The van der Waals surface area contributed by atoms with Crippen LogP contribution in [0.5, 0.6) is 0 Å². The molecule has 6 nitrogen and oxygen atoms in total. The molecule has 1 heterocycles. The summed E-state index contributed by atoms with van der Waals surface area (Å²) in [5, 5.41) is 0. The van der Waals surface area contributed by atoms with Gasteiger partial charge in [0.2, 0.25) is 11.8 Å². The van der Waals surface area contributed by atoms with Gasteiger partial charge in [0, 0.05) is 18.5 Å². The van der Waals surface area contributed by atoms with Crippen molar-refractivity contribution in [2.75, 3.05) is 19.7 Å². The van der Waals surface area contributed by atoms with Gasteiger partial charge in [0.1, 0.15) is 0 Å². The van der Waals surface area contributed by atoms with Gasteiger partial charge in [0.25, 0.3) is 0 Å². The van der Waals surface area contributed by atoms with Crippen molar-refractivity contribution in [3.63, 3.8) is 0 Å². The maximum absolute atomic E-state index is 12.7. The highest BCUT2D eigenvalue weighted by Gasteiger charge is 2.42. The Bertz CT molecular complexity index is 420. The van der Waals surface area contributed by atoms with Gasteiger partial charge in [-0.25, -0.2) is 0 Å². The van der Waals surface area contributed by atoms with Gasteiger partial charge >= 0.3 is 0 Å². The molecule has 3 aliphatic rings. The van der Waals surface area contributed by atoms with Gasteiger partial charge in [0.05, 0.1) is 13.2 Å². The van der Waals surface area contributed by atoms with Crippen molar-refractivity contribution in [2.45, 2.75) is 44.2 Å². The van der Waals surface area contributed by atoms with E-state index < -0.39 is 12.0 Å². The molecule has 0 aromatic rings. The zero-order chi connectivity index (χ0) is 15.0. The van der Waals surface area contributed by atoms with Crippen molar-refractivity contribution in [1.29, 1.82) is 0 Å². The zero-order valence-corrected chi connectivity index (χ0v) is 13.6. The molecule has 1 saturated heterocycles. The van der Waals surface area contributed by atoms with Crippen LogP contribution in [0.25, 0.3) is 0 Å². The summed E-state index contributed by atoms with van der Waals surface area (Å²) in [7, 11) is 0. The van der Waals surface area contributed by atoms with Crippen LogP contribution in [0, 0.1) is 17.8 Å². The Labute approximate surface area is 137 Å². The van der Waals surface area contributed by atoms with Crippen LogP contribution >= 0.6 is 12.4 Å². The van der Waals surface area contributed by atoms with E-state index in [1.165, 1.54) is 6.42 Å². The Hall–Kier alpha value is -0.850. The number of amides is 2. The van der Waals surface area contributed by atoms with Crippen LogP contribution < -0.4 is 11.5 Å². The fourth-order valence-corrected chi connectivity index (χ4v) is 4.27. The maximum Gasteiger partial charge on any atom is 0.248 e. The molecule has 4 N–H and O–H groups in total. The van der Waals surface area contributed by atoms with Crippen LogP contribution in [-0.4, -0.2) is 48.6 Å². The molecule has 0 spiro atoms.